The molecule has 0 bridgehead atoms. The molecule has 0 heterocycles. The molecule has 0 unspecified atom stereocenters. The van der Waals surface area contributed by atoms with Crippen molar-refractivity contribution in [2.45, 2.75) is 0 Å². The first-order chi connectivity index (χ1) is 6.79. The number of aldehydes is 1. The van der Waals surface area contributed by atoms with Crippen LogP contribution in [0, 0.1) is 4.91 Å². The third-order valence-electron chi connectivity index (χ3n) is 1.63. The summed E-state index contributed by atoms with van der Waals surface area (Å²) in [6.45, 7) is -0.0635. The van der Waals surface area contributed by atoms with E-state index in [9.17, 15) is 14.5 Å². The summed E-state index contributed by atoms with van der Waals surface area (Å²) in [4.78, 5) is 31.8. The molecule has 0 saturated heterocycles. The van der Waals surface area contributed by atoms with Gasteiger partial charge in [0.1, 0.15) is 11.8 Å². The third kappa shape index (κ3) is 2.22. The Morgan fingerprint density at radius 1 is 1.43 bits per heavy atom. The zero-order valence-electron chi connectivity index (χ0n) is 7.32. The van der Waals surface area contributed by atoms with E-state index in [0.29, 0.717) is 6.29 Å². The average Bonchev–Trinajstić information content (AvgIpc) is 2.25. The summed E-state index contributed by atoms with van der Waals surface area (Å²) in [5.41, 5.74) is 0.417. The van der Waals surface area contributed by atoms with Crippen LogP contribution < -0.4 is 10.5 Å². The van der Waals surface area contributed by atoms with Gasteiger partial charge in [-0.25, -0.2) is 0 Å². The van der Waals surface area contributed by atoms with Gasteiger partial charge in [-0.2, -0.15) is 0 Å². The van der Waals surface area contributed by atoms with E-state index in [0.717, 1.165) is 0 Å². The normalized spacial score (nSPS) is 9.14. The number of hydrogen-bond acceptors (Lipinski definition) is 3. The molecule has 0 aliphatic heterocycles. The molecule has 0 saturated carbocycles. The fraction of sp³-hybridized carbons (Fsp3) is 0.111. The minimum atomic E-state index is -0.448. The Kier molecular flexibility index (Phi) is 3.49. The number of carbonyl (C=O) groups excluding carboxylic acids is 2. The minimum Gasteiger partial charge on any atom is -0.345 e. The SMILES string of the molecule is O=CCNC(=O)c1ccccc1[NH+]=O. The molecule has 0 aliphatic carbocycles. The summed E-state index contributed by atoms with van der Waals surface area (Å²) >= 11 is 0. The smallest absolute Gasteiger partial charge is 0.266 e. The highest BCUT2D eigenvalue weighted by Crippen LogP contribution is 2.07. The van der Waals surface area contributed by atoms with Crippen LogP contribution >= 0.6 is 0 Å². The fourth-order valence-corrected chi connectivity index (χ4v) is 1.000. The third-order valence-corrected chi connectivity index (χ3v) is 1.63. The lowest BCUT2D eigenvalue weighted by Gasteiger charge is -1.99. The van der Waals surface area contributed by atoms with E-state index >= 15 is 0 Å². The molecule has 14 heavy (non-hydrogen) atoms. The van der Waals surface area contributed by atoms with Crippen molar-refractivity contribution >= 4 is 17.9 Å². The highest BCUT2D eigenvalue weighted by molar-refractivity contribution is 5.98. The Hall–Kier alpha value is -2.04. The minimum absolute atomic E-state index is 0.0635. The van der Waals surface area contributed by atoms with Gasteiger partial charge >= 0.3 is 0 Å². The summed E-state index contributed by atoms with van der Waals surface area (Å²) < 4.78 is 0. The van der Waals surface area contributed by atoms with Crippen LogP contribution in [0.2, 0.25) is 0 Å². The Morgan fingerprint density at radius 3 is 2.79 bits per heavy atom. The molecule has 1 aromatic rings. The molecule has 0 fully saturated rings. The van der Waals surface area contributed by atoms with Gasteiger partial charge in [-0.3, -0.25) is 4.79 Å². The zero-order valence-corrected chi connectivity index (χ0v) is 7.32. The van der Waals surface area contributed by atoms with Gasteiger partial charge < -0.3 is 10.1 Å². The summed E-state index contributed by atoms with van der Waals surface area (Å²) in [5, 5.41) is 3.99. The molecule has 1 rings (SSSR count). The van der Waals surface area contributed by atoms with Gasteiger partial charge in [-0.1, -0.05) is 12.1 Å². The number of benzene rings is 1. The lowest BCUT2D eigenvalue weighted by atomic mass is 10.1. The maximum Gasteiger partial charge on any atom is 0.266 e. The largest absolute Gasteiger partial charge is 0.345 e. The van der Waals surface area contributed by atoms with Crippen LogP contribution in [0.3, 0.4) is 0 Å². The molecule has 1 aromatic carbocycles. The highest BCUT2D eigenvalue weighted by atomic mass is 16.3. The lowest BCUT2D eigenvalue weighted by Crippen LogP contribution is -2.57. The van der Waals surface area contributed by atoms with Gasteiger partial charge in [0.2, 0.25) is 0 Å². The van der Waals surface area contributed by atoms with Crippen molar-refractivity contribution < 1.29 is 14.8 Å². The van der Waals surface area contributed by atoms with Crippen molar-refractivity contribution in [3.05, 3.63) is 34.7 Å². The van der Waals surface area contributed by atoms with Gasteiger partial charge in [0.25, 0.3) is 11.6 Å². The number of hydrogen-bond donors (Lipinski definition) is 2. The van der Waals surface area contributed by atoms with E-state index in [1.54, 1.807) is 17.3 Å². The van der Waals surface area contributed by atoms with Crippen molar-refractivity contribution in [2.24, 2.45) is 0 Å². The number of para-hydroxylation sites is 1. The summed E-state index contributed by atoms with van der Waals surface area (Å²) in [5.74, 6) is -0.448. The molecule has 2 N–H and O–H groups in total. The van der Waals surface area contributed by atoms with Crippen LogP contribution in [0.25, 0.3) is 0 Å². The molecule has 5 nitrogen and oxygen atoms in total. The van der Waals surface area contributed by atoms with Crippen molar-refractivity contribution in [3.63, 3.8) is 0 Å². The van der Waals surface area contributed by atoms with Crippen LogP contribution in [-0.2, 0) is 4.79 Å². The van der Waals surface area contributed by atoms with Crippen LogP contribution in [0.5, 0.6) is 0 Å². The predicted octanol–water partition coefficient (Wildman–Crippen LogP) is -0.906. The number of rotatable bonds is 4. The van der Waals surface area contributed by atoms with E-state index < -0.39 is 5.91 Å². The molecule has 0 aliphatic rings. The molecule has 0 radical (unpaired) electrons. The quantitative estimate of drug-likeness (QED) is 0.608. The van der Waals surface area contributed by atoms with Crippen LogP contribution in [0.1, 0.15) is 10.4 Å². The summed E-state index contributed by atoms with van der Waals surface area (Å²) in [7, 11) is 0. The molecule has 0 aromatic heterocycles. The zero-order chi connectivity index (χ0) is 10.4. The first-order valence-corrected chi connectivity index (χ1v) is 3.98. The van der Waals surface area contributed by atoms with Crippen molar-refractivity contribution in [1.82, 2.24) is 5.32 Å². The summed E-state index contributed by atoms with van der Waals surface area (Å²) in [6, 6.07) is 6.26. The van der Waals surface area contributed by atoms with Gasteiger partial charge in [-0.05, 0) is 6.07 Å². The first kappa shape index (κ1) is 10.0. The molecular weight excluding hydrogens is 184 g/mol. The maximum atomic E-state index is 11.3. The topological polar surface area (TPSA) is 77.2 Å². The van der Waals surface area contributed by atoms with Gasteiger partial charge in [0.05, 0.1) is 6.54 Å². The van der Waals surface area contributed by atoms with Crippen molar-refractivity contribution in [1.29, 1.82) is 0 Å². The maximum absolute atomic E-state index is 11.3. The van der Waals surface area contributed by atoms with Crippen molar-refractivity contribution in [2.75, 3.05) is 6.54 Å². The summed E-state index contributed by atoms with van der Waals surface area (Å²) in [6.07, 6.45) is 0.575. The lowest BCUT2D eigenvalue weighted by molar-refractivity contribution is -0.379. The van der Waals surface area contributed by atoms with Crippen LogP contribution in [0.4, 0.5) is 5.69 Å². The Bertz CT molecular complexity index is 363. The van der Waals surface area contributed by atoms with E-state index in [4.69, 9.17) is 0 Å². The van der Waals surface area contributed by atoms with Gasteiger partial charge in [0.15, 0.2) is 0 Å². The molecular formula is C9H9N2O3+. The molecule has 0 atom stereocenters. The second-order valence-electron chi connectivity index (χ2n) is 2.52. The van der Waals surface area contributed by atoms with E-state index in [2.05, 4.69) is 5.32 Å². The monoisotopic (exact) mass is 193 g/mol. The second-order valence-corrected chi connectivity index (χ2v) is 2.52. The van der Waals surface area contributed by atoms with E-state index in [1.807, 2.05) is 0 Å². The first-order valence-electron chi connectivity index (χ1n) is 3.98. The average molecular weight is 193 g/mol. The number of amides is 1. The molecule has 72 valence electrons. The van der Waals surface area contributed by atoms with E-state index in [1.165, 1.54) is 12.1 Å². The molecule has 5 heteroatoms. The van der Waals surface area contributed by atoms with Gasteiger partial charge in [-0.15, -0.1) is 0 Å². The Labute approximate surface area is 80.1 Å². The Morgan fingerprint density at radius 2 is 2.14 bits per heavy atom. The van der Waals surface area contributed by atoms with Gasteiger partial charge in [0, 0.05) is 16.2 Å². The number of nitroso groups, excluding NO2 is 1. The van der Waals surface area contributed by atoms with Crippen LogP contribution in [-0.4, -0.2) is 18.7 Å². The van der Waals surface area contributed by atoms with Crippen LogP contribution in [0.15, 0.2) is 24.3 Å². The Balaban J connectivity index is 2.88. The highest BCUT2D eigenvalue weighted by Gasteiger charge is 2.14. The molecule has 0 spiro atoms. The predicted molar refractivity (Wildman–Crippen MR) is 48.8 cm³/mol. The fourth-order valence-electron chi connectivity index (χ4n) is 1.000. The van der Waals surface area contributed by atoms with Crippen molar-refractivity contribution in [3.8, 4) is 0 Å². The molecule has 1 amide bonds. The number of carbonyl (C=O) groups is 2. The number of nitrogens with one attached hydrogen (secondary N) is 2. The second kappa shape index (κ2) is 4.86. The standard InChI is InChI=1S/C9H8N2O3/c12-6-5-10-9(13)7-3-1-2-4-8(7)11-14/h1-4,6H,5H2,(H,10,13)/p+1. The van der Waals surface area contributed by atoms with E-state index in [-0.39, 0.29) is 17.8 Å².